The van der Waals surface area contributed by atoms with Gasteiger partial charge in [0, 0.05) is 10.0 Å². The number of halogens is 1. The number of ether oxygens (including phenoxy) is 2. The average molecular weight is 327 g/mol. The van der Waals surface area contributed by atoms with E-state index < -0.39 is 11.4 Å². The van der Waals surface area contributed by atoms with Crippen LogP contribution in [0.25, 0.3) is 0 Å². The number of carboxylic acids is 1. The molecule has 1 heterocycles. The summed E-state index contributed by atoms with van der Waals surface area (Å²) in [6.45, 7) is 0.646. The molecule has 1 aliphatic heterocycles. The first-order valence-corrected chi connectivity index (χ1v) is 7.20. The number of carboxylic acid groups (broad SMARTS) is 1. The van der Waals surface area contributed by atoms with E-state index in [9.17, 15) is 9.90 Å². The molecule has 0 amide bonds. The van der Waals surface area contributed by atoms with Crippen LogP contribution < -0.4 is 4.74 Å². The van der Waals surface area contributed by atoms with E-state index >= 15 is 0 Å². The van der Waals surface area contributed by atoms with Crippen molar-refractivity contribution in [1.82, 2.24) is 0 Å². The van der Waals surface area contributed by atoms with Crippen LogP contribution in [0.15, 0.2) is 16.6 Å². The molecule has 102 valence electrons. The number of carbonyl (C=O) groups is 1. The molecule has 1 N–H and O–H groups in total. The number of aliphatic carboxylic acids is 1. The highest BCUT2D eigenvalue weighted by Crippen LogP contribution is 2.48. The van der Waals surface area contributed by atoms with Gasteiger partial charge in [-0.15, -0.1) is 0 Å². The quantitative estimate of drug-likeness (QED) is 0.906. The Morgan fingerprint density at radius 1 is 1.32 bits per heavy atom. The lowest BCUT2D eigenvalue weighted by Crippen LogP contribution is -2.35. The van der Waals surface area contributed by atoms with Gasteiger partial charge in [-0.25, -0.2) is 0 Å². The molecule has 3 rings (SSSR count). The maximum atomic E-state index is 11.9. The fourth-order valence-electron chi connectivity index (χ4n) is 3.19. The van der Waals surface area contributed by atoms with Gasteiger partial charge in [0.1, 0.15) is 5.75 Å². The third kappa shape index (κ3) is 1.96. The van der Waals surface area contributed by atoms with Crippen molar-refractivity contribution >= 4 is 21.9 Å². The van der Waals surface area contributed by atoms with Gasteiger partial charge in [0.15, 0.2) is 6.79 Å². The molecule has 5 heteroatoms. The highest BCUT2D eigenvalue weighted by Gasteiger charge is 2.46. The smallest absolute Gasteiger partial charge is 0.314 e. The summed E-state index contributed by atoms with van der Waals surface area (Å²) >= 11 is 3.51. The minimum Gasteiger partial charge on any atom is -0.481 e. The molecule has 0 saturated heterocycles. The summed E-state index contributed by atoms with van der Waals surface area (Å²) in [5.74, 6) is 0.00153. The molecule has 0 radical (unpaired) electrons. The van der Waals surface area contributed by atoms with Crippen LogP contribution >= 0.6 is 15.9 Å². The van der Waals surface area contributed by atoms with Crippen LogP contribution in [0.4, 0.5) is 0 Å². The number of hydrogen-bond acceptors (Lipinski definition) is 3. The minimum absolute atomic E-state index is 0.230. The lowest BCUT2D eigenvalue weighted by molar-refractivity contribution is -0.143. The van der Waals surface area contributed by atoms with Crippen LogP contribution in [0.2, 0.25) is 0 Å². The van der Waals surface area contributed by atoms with Gasteiger partial charge >= 0.3 is 5.97 Å². The van der Waals surface area contributed by atoms with Crippen LogP contribution in [0.3, 0.4) is 0 Å². The topological polar surface area (TPSA) is 55.8 Å². The lowest BCUT2D eigenvalue weighted by Gasteiger charge is -2.31. The zero-order valence-electron chi connectivity index (χ0n) is 10.4. The van der Waals surface area contributed by atoms with Crippen molar-refractivity contribution in [1.29, 1.82) is 0 Å². The Labute approximate surface area is 119 Å². The zero-order chi connectivity index (χ0) is 13.5. The molecule has 2 aliphatic rings. The van der Waals surface area contributed by atoms with E-state index in [2.05, 4.69) is 15.9 Å². The van der Waals surface area contributed by atoms with Crippen molar-refractivity contribution in [2.45, 2.75) is 37.7 Å². The SMILES string of the molecule is O=C(O)C1(c2c(Br)ccc3c2COCO3)CCCC1. The molecule has 0 spiro atoms. The van der Waals surface area contributed by atoms with Crippen LogP contribution in [-0.4, -0.2) is 17.9 Å². The first-order chi connectivity index (χ1) is 9.15. The maximum absolute atomic E-state index is 11.9. The van der Waals surface area contributed by atoms with Gasteiger partial charge in [0.05, 0.1) is 12.0 Å². The van der Waals surface area contributed by atoms with Crippen molar-refractivity contribution in [3.63, 3.8) is 0 Å². The third-order valence-corrected chi connectivity index (χ3v) is 4.77. The van der Waals surface area contributed by atoms with Crippen LogP contribution in [0, 0.1) is 0 Å². The Morgan fingerprint density at radius 2 is 2.05 bits per heavy atom. The van der Waals surface area contributed by atoms with Gasteiger partial charge < -0.3 is 14.6 Å². The summed E-state index contributed by atoms with van der Waals surface area (Å²) in [5, 5.41) is 9.74. The molecule has 0 atom stereocenters. The standard InChI is InChI=1S/C14H15BrO4/c15-10-3-4-11-9(7-18-8-19-11)12(10)14(13(16)17)5-1-2-6-14/h3-4H,1-2,5-8H2,(H,16,17). The van der Waals surface area contributed by atoms with E-state index in [-0.39, 0.29) is 6.79 Å². The van der Waals surface area contributed by atoms with E-state index in [1.54, 1.807) is 0 Å². The Morgan fingerprint density at radius 3 is 2.74 bits per heavy atom. The molecule has 1 fully saturated rings. The maximum Gasteiger partial charge on any atom is 0.314 e. The van der Waals surface area contributed by atoms with E-state index in [0.717, 1.165) is 34.2 Å². The summed E-state index contributed by atoms with van der Waals surface area (Å²) in [7, 11) is 0. The van der Waals surface area contributed by atoms with Crippen LogP contribution in [0.5, 0.6) is 5.75 Å². The molecular weight excluding hydrogens is 312 g/mol. The zero-order valence-corrected chi connectivity index (χ0v) is 12.0. The molecule has 1 aliphatic carbocycles. The largest absolute Gasteiger partial charge is 0.481 e. The minimum atomic E-state index is -0.797. The van der Waals surface area contributed by atoms with Gasteiger partial charge in [-0.1, -0.05) is 28.8 Å². The average Bonchev–Trinajstić information content (AvgIpc) is 2.89. The van der Waals surface area contributed by atoms with Crippen molar-refractivity contribution < 1.29 is 19.4 Å². The molecule has 4 nitrogen and oxygen atoms in total. The summed E-state index contributed by atoms with van der Waals surface area (Å²) in [5.41, 5.74) is 0.924. The number of rotatable bonds is 2. The summed E-state index contributed by atoms with van der Waals surface area (Å²) in [4.78, 5) is 11.9. The Balaban J connectivity index is 2.20. The summed E-state index contributed by atoms with van der Waals surface area (Å²) < 4.78 is 11.6. The van der Waals surface area contributed by atoms with E-state index in [0.29, 0.717) is 19.4 Å². The van der Waals surface area contributed by atoms with Gasteiger partial charge in [-0.3, -0.25) is 4.79 Å². The highest BCUT2D eigenvalue weighted by atomic mass is 79.9. The van der Waals surface area contributed by atoms with E-state index in [4.69, 9.17) is 9.47 Å². The van der Waals surface area contributed by atoms with Crippen molar-refractivity contribution in [3.8, 4) is 5.75 Å². The van der Waals surface area contributed by atoms with Gasteiger partial charge in [0.25, 0.3) is 0 Å². The Kier molecular flexibility index (Phi) is 3.27. The second-order valence-electron chi connectivity index (χ2n) is 5.10. The van der Waals surface area contributed by atoms with Gasteiger partial charge in [-0.05, 0) is 30.5 Å². The van der Waals surface area contributed by atoms with Crippen molar-refractivity contribution in [2.75, 3.05) is 6.79 Å². The first kappa shape index (κ1) is 12.9. The number of hydrogen-bond donors (Lipinski definition) is 1. The van der Waals surface area contributed by atoms with E-state index in [1.807, 2.05) is 12.1 Å². The van der Waals surface area contributed by atoms with Crippen LogP contribution in [0.1, 0.15) is 36.8 Å². The Bertz CT molecular complexity index is 520. The number of benzene rings is 1. The second-order valence-corrected chi connectivity index (χ2v) is 5.96. The fraction of sp³-hybridized carbons (Fsp3) is 0.500. The van der Waals surface area contributed by atoms with Crippen molar-refractivity contribution in [3.05, 3.63) is 27.7 Å². The highest BCUT2D eigenvalue weighted by molar-refractivity contribution is 9.10. The van der Waals surface area contributed by atoms with Crippen molar-refractivity contribution in [2.24, 2.45) is 0 Å². The number of fused-ring (bicyclic) bond motifs is 1. The molecule has 1 saturated carbocycles. The molecular formula is C14H15BrO4. The third-order valence-electron chi connectivity index (χ3n) is 4.11. The molecule has 0 bridgehead atoms. The van der Waals surface area contributed by atoms with Gasteiger partial charge in [0.2, 0.25) is 0 Å². The lowest BCUT2D eigenvalue weighted by atomic mass is 9.76. The summed E-state index contributed by atoms with van der Waals surface area (Å²) in [6, 6.07) is 3.75. The second kappa shape index (κ2) is 4.80. The first-order valence-electron chi connectivity index (χ1n) is 6.41. The molecule has 0 unspecified atom stereocenters. The fourth-order valence-corrected chi connectivity index (χ4v) is 3.95. The predicted molar refractivity (Wildman–Crippen MR) is 72.2 cm³/mol. The van der Waals surface area contributed by atoms with Crippen LogP contribution in [-0.2, 0) is 21.6 Å². The monoisotopic (exact) mass is 326 g/mol. The predicted octanol–water partition coefficient (Wildman–Crippen LogP) is 3.21. The summed E-state index contributed by atoms with van der Waals surface area (Å²) in [6.07, 6.45) is 3.25. The van der Waals surface area contributed by atoms with E-state index in [1.165, 1.54) is 0 Å². The van der Waals surface area contributed by atoms with Gasteiger partial charge in [-0.2, -0.15) is 0 Å². The molecule has 0 aromatic heterocycles. The Hall–Kier alpha value is -1.07. The molecule has 19 heavy (non-hydrogen) atoms. The normalized spacial score (nSPS) is 20.7. The molecule has 1 aromatic carbocycles. The molecule has 1 aromatic rings.